The van der Waals surface area contributed by atoms with E-state index in [0.29, 0.717) is 11.5 Å². The lowest BCUT2D eigenvalue weighted by atomic mass is 10.2. The van der Waals surface area contributed by atoms with E-state index in [1.807, 2.05) is 25.1 Å². The molecule has 0 unspecified atom stereocenters. The molecule has 3 rings (SSSR count). The lowest BCUT2D eigenvalue weighted by Gasteiger charge is -2.09. The molecule has 0 fully saturated rings. The lowest BCUT2D eigenvalue weighted by Crippen LogP contribution is -2.11. The molecule has 1 aromatic carbocycles. The molecule has 6 heteroatoms. The first-order valence-corrected chi connectivity index (χ1v) is 7.75. The van der Waals surface area contributed by atoms with Gasteiger partial charge in [-0.2, -0.15) is 0 Å². The molecule has 0 saturated carbocycles. The van der Waals surface area contributed by atoms with Crippen LogP contribution in [0, 0.1) is 6.92 Å². The summed E-state index contributed by atoms with van der Waals surface area (Å²) in [6.07, 6.45) is 3.05. The maximum atomic E-state index is 11.9. The van der Waals surface area contributed by atoms with Crippen LogP contribution in [-0.2, 0) is 0 Å². The fourth-order valence-corrected chi connectivity index (χ4v) is 2.59. The Kier molecular flexibility index (Phi) is 4.43. The van der Waals surface area contributed by atoms with E-state index in [-0.39, 0.29) is 11.7 Å². The number of rotatable bonds is 4. The van der Waals surface area contributed by atoms with Crippen LogP contribution in [0.15, 0.2) is 63.8 Å². The van der Waals surface area contributed by atoms with Crippen molar-refractivity contribution >= 4 is 39.0 Å². The molecule has 0 bridgehead atoms. The largest absolute Gasteiger partial charge is 0.459 e. The summed E-state index contributed by atoms with van der Waals surface area (Å²) in [7, 11) is 0. The number of carbonyl (C=O) groups excluding carboxylic acids is 1. The summed E-state index contributed by atoms with van der Waals surface area (Å²) >= 11 is 3.52. The van der Waals surface area contributed by atoms with Crippen LogP contribution in [-0.4, -0.2) is 10.9 Å². The Bertz CT molecular complexity index is 814. The van der Waals surface area contributed by atoms with E-state index in [2.05, 4.69) is 31.5 Å². The van der Waals surface area contributed by atoms with E-state index >= 15 is 0 Å². The molecular formula is C17H14BrN3O2. The Morgan fingerprint density at radius 1 is 1.22 bits per heavy atom. The molecule has 0 atom stereocenters. The molecule has 2 aromatic heterocycles. The summed E-state index contributed by atoms with van der Waals surface area (Å²) in [5.41, 5.74) is 2.70. The first-order chi connectivity index (χ1) is 11.1. The maximum absolute atomic E-state index is 11.9. The lowest BCUT2D eigenvalue weighted by molar-refractivity contribution is 0.0996. The van der Waals surface area contributed by atoms with Gasteiger partial charge in [-0.15, -0.1) is 0 Å². The van der Waals surface area contributed by atoms with Gasteiger partial charge in [-0.3, -0.25) is 4.79 Å². The van der Waals surface area contributed by atoms with Gasteiger partial charge in [0.1, 0.15) is 5.82 Å². The Labute approximate surface area is 141 Å². The van der Waals surface area contributed by atoms with Gasteiger partial charge in [-0.05, 0) is 64.8 Å². The first kappa shape index (κ1) is 15.3. The van der Waals surface area contributed by atoms with Gasteiger partial charge in [0, 0.05) is 4.47 Å². The number of aryl methyl sites for hydroxylation is 1. The summed E-state index contributed by atoms with van der Waals surface area (Å²) in [6.45, 7) is 2.03. The molecule has 0 aliphatic heterocycles. The summed E-state index contributed by atoms with van der Waals surface area (Å²) in [5.74, 6) is 0.639. The van der Waals surface area contributed by atoms with Crippen LogP contribution in [0.3, 0.4) is 0 Å². The minimum atomic E-state index is -0.307. The molecule has 0 saturated heterocycles. The van der Waals surface area contributed by atoms with Crippen LogP contribution < -0.4 is 10.6 Å². The molecule has 23 heavy (non-hydrogen) atoms. The third-order valence-corrected chi connectivity index (χ3v) is 3.81. The van der Waals surface area contributed by atoms with Crippen LogP contribution in [0.1, 0.15) is 16.1 Å². The molecular weight excluding hydrogens is 358 g/mol. The van der Waals surface area contributed by atoms with E-state index in [4.69, 9.17) is 4.42 Å². The van der Waals surface area contributed by atoms with E-state index in [1.54, 1.807) is 30.5 Å². The molecule has 0 aliphatic rings. The van der Waals surface area contributed by atoms with Gasteiger partial charge in [0.15, 0.2) is 5.76 Å². The number of hydrogen-bond acceptors (Lipinski definition) is 4. The van der Waals surface area contributed by atoms with Crippen molar-refractivity contribution in [1.29, 1.82) is 0 Å². The van der Waals surface area contributed by atoms with E-state index in [9.17, 15) is 4.79 Å². The van der Waals surface area contributed by atoms with Crippen molar-refractivity contribution in [2.45, 2.75) is 6.92 Å². The zero-order valence-corrected chi connectivity index (χ0v) is 13.9. The number of furan rings is 1. The number of aromatic nitrogens is 1. The second-order valence-corrected chi connectivity index (χ2v) is 5.83. The third-order valence-electron chi connectivity index (χ3n) is 3.15. The molecule has 0 aliphatic carbocycles. The van der Waals surface area contributed by atoms with E-state index in [0.717, 1.165) is 10.2 Å². The van der Waals surface area contributed by atoms with E-state index < -0.39 is 0 Å². The summed E-state index contributed by atoms with van der Waals surface area (Å²) in [6, 6.07) is 12.9. The smallest absolute Gasteiger partial charge is 0.291 e. The van der Waals surface area contributed by atoms with Gasteiger partial charge in [0.25, 0.3) is 5.91 Å². The normalized spacial score (nSPS) is 10.3. The van der Waals surface area contributed by atoms with Gasteiger partial charge in [-0.1, -0.05) is 6.07 Å². The number of pyridine rings is 1. The second-order valence-electron chi connectivity index (χ2n) is 4.97. The van der Waals surface area contributed by atoms with Crippen LogP contribution in [0.2, 0.25) is 0 Å². The molecule has 0 spiro atoms. The molecule has 1 amide bonds. The van der Waals surface area contributed by atoms with Crippen molar-refractivity contribution in [3.8, 4) is 0 Å². The van der Waals surface area contributed by atoms with Crippen LogP contribution in [0.4, 0.5) is 17.2 Å². The number of benzene rings is 1. The fourth-order valence-electron chi connectivity index (χ4n) is 2.00. The minimum Gasteiger partial charge on any atom is -0.459 e. The molecule has 2 heterocycles. The molecule has 5 nitrogen and oxygen atoms in total. The Hall–Kier alpha value is -2.60. The predicted octanol–water partition coefficient (Wildman–Crippen LogP) is 4.74. The number of anilines is 3. The highest BCUT2D eigenvalue weighted by Gasteiger charge is 2.09. The van der Waals surface area contributed by atoms with Gasteiger partial charge >= 0.3 is 0 Å². The average Bonchev–Trinajstić information content (AvgIpc) is 3.06. The third kappa shape index (κ3) is 3.78. The predicted molar refractivity (Wildman–Crippen MR) is 93.1 cm³/mol. The molecule has 116 valence electrons. The van der Waals surface area contributed by atoms with Crippen molar-refractivity contribution in [2.24, 2.45) is 0 Å². The van der Waals surface area contributed by atoms with Crippen molar-refractivity contribution < 1.29 is 9.21 Å². The topological polar surface area (TPSA) is 67.2 Å². The quantitative estimate of drug-likeness (QED) is 0.694. The van der Waals surface area contributed by atoms with E-state index in [1.165, 1.54) is 11.8 Å². The summed E-state index contributed by atoms with van der Waals surface area (Å²) in [4.78, 5) is 16.2. The average molecular weight is 372 g/mol. The van der Waals surface area contributed by atoms with Gasteiger partial charge < -0.3 is 15.1 Å². The number of nitrogens with zero attached hydrogens (tertiary/aromatic N) is 1. The van der Waals surface area contributed by atoms with Crippen LogP contribution >= 0.6 is 15.9 Å². The fraction of sp³-hybridized carbons (Fsp3) is 0.0588. The van der Waals surface area contributed by atoms with Gasteiger partial charge in [0.2, 0.25) is 0 Å². The monoisotopic (exact) mass is 371 g/mol. The highest BCUT2D eigenvalue weighted by molar-refractivity contribution is 9.10. The zero-order valence-electron chi connectivity index (χ0n) is 12.3. The molecule has 3 aromatic rings. The Morgan fingerprint density at radius 2 is 2.09 bits per heavy atom. The van der Waals surface area contributed by atoms with Gasteiger partial charge in [0.05, 0.1) is 23.8 Å². The highest BCUT2D eigenvalue weighted by atomic mass is 79.9. The standard InChI is InChI=1S/C17H14BrN3O2/c1-11-4-6-14(13(18)9-11)21-16-7-5-12(10-19-16)20-17(22)15-3-2-8-23-15/h2-10H,1H3,(H,19,21)(H,20,22). The van der Waals surface area contributed by atoms with Crippen molar-refractivity contribution in [3.63, 3.8) is 0 Å². The van der Waals surface area contributed by atoms with Crippen LogP contribution in [0.25, 0.3) is 0 Å². The van der Waals surface area contributed by atoms with Crippen molar-refractivity contribution in [2.75, 3.05) is 10.6 Å². The Morgan fingerprint density at radius 3 is 2.74 bits per heavy atom. The Balaban J connectivity index is 1.68. The first-order valence-electron chi connectivity index (χ1n) is 6.96. The summed E-state index contributed by atoms with van der Waals surface area (Å²) < 4.78 is 6.01. The SMILES string of the molecule is Cc1ccc(Nc2ccc(NC(=O)c3ccco3)cn2)c(Br)c1. The van der Waals surface area contributed by atoms with Crippen molar-refractivity contribution in [3.05, 3.63) is 70.7 Å². The number of nitrogens with one attached hydrogen (secondary N) is 2. The number of hydrogen-bond donors (Lipinski definition) is 2. The maximum Gasteiger partial charge on any atom is 0.291 e. The highest BCUT2D eigenvalue weighted by Crippen LogP contribution is 2.26. The summed E-state index contributed by atoms with van der Waals surface area (Å²) in [5, 5.41) is 5.94. The van der Waals surface area contributed by atoms with Gasteiger partial charge in [-0.25, -0.2) is 4.98 Å². The minimum absolute atomic E-state index is 0.260. The number of amides is 1. The van der Waals surface area contributed by atoms with Crippen molar-refractivity contribution in [1.82, 2.24) is 4.98 Å². The molecule has 2 N–H and O–H groups in total. The number of carbonyl (C=O) groups is 1. The second kappa shape index (κ2) is 6.66. The van der Waals surface area contributed by atoms with Crippen LogP contribution in [0.5, 0.6) is 0 Å². The zero-order chi connectivity index (χ0) is 16.2. The molecule has 0 radical (unpaired) electrons. The number of halogens is 1.